The quantitative estimate of drug-likeness (QED) is 0.783. The second-order valence-corrected chi connectivity index (χ2v) is 6.68. The molecular formula is C16H24N2S. The van der Waals surface area contributed by atoms with E-state index in [0.717, 1.165) is 12.6 Å². The SMILES string of the molecule is CSc1ccc(CN2CCN3CCC[C@H]3[C@H]2C)cc1. The molecule has 0 bridgehead atoms. The van der Waals surface area contributed by atoms with Crippen molar-refractivity contribution in [3.05, 3.63) is 29.8 Å². The molecule has 0 amide bonds. The van der Waals surface area contributed by atoms with Crippen molar-refractivity contribution in [3.63, 3.8) is 0 Å². The van der Waals surface area contributed by atoms with E-state index in [-0.39, 0.29) is 0 Å². The second-order valence-electron chi connectivity index (χ2n) is 5.80. The molecule has 2 aliphatic rings. The number of rotatable bonds is 3. The summed E-state index contributed by atoms with van der Waals surface area (Å²) in [6.45, 7) is 7.34. The van der Waals surface area contributed by atoms with Gasteiger partial charge in [-0.3, -0.25) is 9.80 Å². The van der Waals surface area contributed by atoms with Crippen molar-refractivity contribution in [1.29, 1.82) is 0 Å². The molecule has 1 aromatic carbocycles. The van der Waals surface area contributed by atoms with Crippen molar-refractivity contribution in [2.24, 2.45) is 0 Å². The van der Waals surface area contributed by atoms with Crippen LogP contribution in [-0.4, -0.2) is 47.8 Å². The van der Waals surface area contributed by atoms with Crippen LogP contribution in [0.15, 0.2) is 29.2 Å². The van der Waals surface area contributed by atoms with E-state index in [1.165, 1.54) is 42.9 Å². The lowest BCUT2D eigenvalue weighted by Crippen LogP contribution is -2.55. The average molecular weight is 276 g/mol. The van der Waals surface area contributed by atoms with Gasteiger partial charge in [0.15, 0.2) is 0 Å². The summed E-state index contributed by atoms with van der Waals surface area (Å²) in [5, 5.41) is 0. The Bertz CT molecular complexity index is 417. The smallest absolute Gasteiger partial charge is 0.0250 e. The zero-order valence-electron chi connectivity index (χ0n) is 12.0. The van der Waals surface area contributed by atoms with Crippen LogP contribution in [-0.2, 0) is 6.54 Å². The number of hydrogen-bond donors (Lipinski definition) is 0. The number of benzene rings is 1. The maximum Gasteiger partial charge on any atom is 0.0250 e. The molecule has 0 spiro atoms. The standard InChI is InChI=1S/C16H24N2S/c1-13-16-4-3-9-17(16)10-11-18(13)12-14-5-7-15(19-2)8-6-14/h5-8,13,16H,3-4,9-12H2,1-2H3/t13-,16+/m1/s1. The van der Waals surface area contributed by atoms with Gasteiger partial charge in [-0.2, -0.15) is 0 Å². The number of fused-ring (bicyclic) bond motifs is 1. The highest BCUT2D eigenvalue weighted by Crippen LogP contribution is 2.27. The summed E-state index contributed by atoms with van der Waals surface area (Å²) in [6.07, 6.45) is 4.92. The van der Waals surface area contributed by atoms with E-state index in [2.05, 4.69) is 47.2 Å². The van der Waals surface area contributed by atoms with Crippen LogP contribution in [0.1, 0.15) is 25.3 Å². The number of nitrogens with zero attached hydrogens (tertiary/aromatic N) is 2. The van der Waals surface area contributed by atoms with E-state index in [1.54, 1.807) is 0 Å². The topological polar surface area (TPSA) is 6.48 Å². The second kappa shape index (κ2) is 5.86. The maximum atomic E-state index is 2.69. The molecule has 0 saturated carbocycles. The predicted octanol–water partition coefficient (Wildman–Crippen LogP) is 3.08. The molecule has 2 heterocycles. The molecule has 2 saturated heterocycles. The van der Waals surface area contributed by atoms with Crippen LogP contribution in [0.2, 0.25) is 0 Å². The molecule has 1 aromatic rings. The largest absolute Gasteiger partial charge is 0.298 e. The third kappa shape index (κ3) is 2.83. The van der Waals surface area contributed by atoms with Crippen LogP contribution >= 0.6 is 11.8 Å². The van der Waals surface area contributed by atoms with Gasteiger partial charge in [-0.25, -0.2) is 0 Å². The Morgan fingerprint density at radius 2 is 1.95 bits per heavy atom. The lowest BCUT2D eigenvalue weighted by Gasteiger charge is -2.43. The van der Waals surface area contributed by atoms with Gasteiger partial charge in [-0.05, 0) is 50.3 Å². The summed E-state index contributed by atoms with van der Waals surface area (Å²) in [5.74, 6) is 0. The van der Waals surface area contributed by atoms with Crippen molar-refractivity contribution >= 4 is 11.8 Å². The molecule has 2 aliphatic heterocycles. The van der Waals surface area contributed by atoms with Gasteiger partial charge < -0.3 is 0 Å². The van der Waals surface area contributed by atoms with Gasteiger partial charge in [-0.1, -0.05) is 12.1 Å². The fraction of sp³-hybridized carbons (Fsp3) is 0.625. The minimum absolute atomic E-state index is 0.705. The summed E-state index contributed by atoms with van der Waals surface area (Å²) >= 11 is 1.82. The van der Waals surface area contributed by atoms with E-state index < -0.39 is 0 Å². The Morgan fingerprint density at radius 1 is 1.16 bits per heavy atom. The van der Waals surface area contributed by atoms with E-state index in [9.17, 15) is 0 Å². The summed E-state index contributed by atoms with van der Waals surface area (Å²) in [7, 11) is 0. The van der Waals surface area contributed by atoms with Gasteiger partial charge >= 0.3 is 0 Å². The van der Waals surface area contributed by atoms with Gasteiger partial charge in [0.25, 0.3) is 0 Å². The average Bonchev–Trinajstić information content (AvgIpc) is 2.92. The molecule has 0 aromatic heterocycles. The Kier molecular flexibility index (Phi) is 4.15. The lowest BCUT2D eigenvalue weighted by molar-refractivity contribution is 0.0470. The number of thioether (sulfide) groups is 1. The highest BCUT2D eigenvalue weighted by atomic mass is 32.2. The number of piperazine rings is 1. The lowest BCUT2D eigenvalue weighted by atomic mass is 10.0. The summed E-state index contributed by atoms with van der Waals surface area (Å²) in [5.41, 5.74) is 1.45. The summed E-state index contributed by atoms with van der Waals surface area (Å²) in [4.78, 5) is 6.72. The van der Waals surface area contributed by atoms with Crippen molar-refractivity contribution in [1.82, 2.24) is 9.80 Å². The maximum absolute atomic E-state index is 2.69. The molecule has 2 fully saturated rings. The summed E-state index contributed by atoms with van der Waals surface area (Å²) in [6, 6.07) is 10.6. The van der Waals surface area contributed by atoms with E-state index in [0.29, 0.717) is 6.04 Å². The van der Waals surface area contributed by atoms with Gasteiger partial charge in [0.1, 0.15) is 0 Å². The Labute approximate surface area is 121 Å². The Balaban J connectivity index is 1.65. The molecule has 0 radical (unpaired) electrons. The molecule has 3 heteroatoms. The zero-order chi connectivity index (χ0) is 13.2. The van der Waals surface area contributed by atoms with Crippen LogP contribution in [0, 0.1) is 0 Å². The monoisotopic (exact) mass is 276 g/mol. The van der Waals surface area contributed by atoms with Crippen molar-refractivity contribution in [2.75, 3.05) is 25.9 Å². The molecule has 0 N–H and O–H groups in total. The van der Waals surface area contributed by atoms with Gasteiger partial charge in [-0.15, -0.1) is 11.8 Å². The van der Waals surface area contributed by atoms with Crippen LogP contribution < -0.4 is 0 Å². The third-order valence-corrected chi connectivity index (χ3v) is 5.51. The Hall–Kier alpha value is -0.510. The first-order valence-electron chi connectivity index (χ1n) is 7.39. The number of hydrogen-bond acceptors (Lipinski definition) is 3. The molecule has 3 rings (SSSR count). The molecule has 104 valence electrons. The van der Waals surface area contributed by atoms with E-state index >= 15 is 0 Å². The Morgan fingerprint density at radius 3 is 2.68 bits per heavy atom. The fourth-order valence-corrected chi connectivity index (χ4v) is 3.98. The van der Waals surface area contributed by atoms with Crippen LogP contribution in [0.5, 0.6) is 0 Å². The normalized spacial score (nSPS) is 28.5. The first-order valence-corrected chi connectivity index (χ1v) is 8.61. The van der Waals surface area contributed by atoms with Crippen LogP contribution in [0.3, 0.4) is 0 Å². The minimum atomic E-state index is 0.705. The molecular weight excluding hydrogens is 252 g/mol. The minimum Gasteiger partial charge on any atom is -0.298 e. The molecule has 19 heavy (non-hydrogen) atoms. The van der Waals surface area contributed by atoms with Crippen molar-refractivity contribution < 1.29 is 0 Å². The summed E-state index contributed by atoms with van der Waals surface area (Å²) < 4.78 is 0. The molecule has 2 nitrogen and oxygen atoms in total. The van der Waals surface area contributed by atoms with Crippen molar-refractivity contribution in [2.45, 2.75) is 43.3 Å². The van der Waals surface area contributed by atoms with Crippen LogP contribution in [0.25, 0.3) is 0 Å². The van der Waals surface area contributed by atoms with Gasteiger partial charge in [0.05, 0.1) is 0 Å². The van der Waals surface area contributed by atoms with Crippen molar-refractivity contribution in [3.8, 4) is 0 Å². The van der Waals surface area contributed by atoms with E-state index in [4.69, 9.17) is 0 Å². The van der Waals surface area contributed by atoms with E-state index in [1.807, 2.05) is 11.8 Å². The third-order valence-electron chi connectivity index (χ3n) is 4.77. The highest BCUT2D eigenvalue weighted by molar-refractivity contribution is 7.98. The molecule has 2 atom stereocenters. The van der Waals surface area contributed by atoms with Crippen LogP contribution in [0.4, 0.5) is 0 Å². The highest BCUT2D eigenvalue weighted by Gasteiger charge is 2.36. The fourth-order valence-electron chi connectivity index (χ4n) is 3.57. The molecule has 0 aliphatic carbocycles. The zero-order valence-corrected chi connectivity index (χ0v) is 12.8. The first-order chi connectivity index (χ1) is 9.28. The molecule has 0 unspecified atom stereocenters. The van der Waals surface area contributed by atoms with Gasteiger partial charge in [0, 0.05) is 36.6 Å². The first kappa shape index (κ1) is 13.5. The predicted molar refractivity (Wildman–Crippen MR) is 82.7 cm³/mol. The van der Waals surface area contributed by atoms with Gasteiger partial charge in [0.2, 0.25) is 0 Å².